The van der Waals surface area contributed by atoms with Gasteiger partial charge < -0.3 is 14.8 Å². The molecule has 0 aliphatic heterocycles. The minimum atomic E-state index is -0.512. The normalized spacial score (nSPS) is 10.2. The average molecular weight is 410 g/mol. The predicted octanol–water partition coefficient (Wildman–Crippen LogP) is 4.39. The highest BCUT2D eigenvalue weighted by atomic mass is 35.5. The zero-order chi connectivity index (χ0) is 20.5. The molecule has 0 aliphatic carbocycles. The summed E-state index contributed by atoms with van der Waals surface area (Å²) in [5, 5.41) is 3.22. The minimum Gasteiger partial charge on any atom is -0.488 e. The molecule has 6 heteroatoms. The predicted molar refractivity (Wildman–Crippen MR) is 111 cm³/mol. The number of halogens is 1. The maximum absolute atomic E-state index is 12.5. The second kappa shape index (κ2) is 10.3. The maximum atomic E-state index is 12.5. The highest BCUT2D eigenvalue weighted by Gasteiger charge is 2.14. The zero-order valence-electron chi connectivity index (χ0n) is 15.6. The molecule has 0 spiro atoms. The van der Waals surface area contributed by atoms with E-state index in [0.29, 0.717) is 22.9 Å². The van der Waals surface area contributed by atoms with Gasteiger partial charge in [0.2, 0.25) is 0 Å². The van der Waals surface area contributed by atoms with Gasteiger partial charge in [0.15, 0.2) is 0 Å². The van der Waals surface area contributed by atoms with Crippen molar-refractivity contribution in [3.05, 3.63) is 101 Å². The average Bonchev–Trinajstić information content (AvgIpc) is 2.76. The number of rotatable bonds is 8. The summed E-state index contributed by atoms with van der Waals surface area (Å²) in [6.45, 7) is 0.230. The number of hydrogen-bond donors (Lipinski definition) is 1. The molecule has 0 aromatic heterocycles. The van der Waals surface area contributed by atoms with E-state index in [9.17, 15) is 9.59 Å². The Hall–Kier alpha value is -3.31. The summed E-state index contributed by atoms with van der Waals surface area (Å²) in [4.78, 5) is 24.4. The van der Waals surface area contributed by atoms with Crippen LogP contribution in [0.1, 0.15) is 21.5 Å². The van der Waals surface area contributed by atoms with Crippen LogP contribution >= 0.6 is 11.6 Å². The lowest BCUT2D eigenvalue weighted by atomic mass is 10.2. The number of nitrogens with one attached hydrogen (secondary N) is 1. The number of amides is 1. The van der Waals surface area contributed by atoms with Crippen LogP contribution in [0, 0.1) is 0 Å². The molecule has 0 heterocycles. The Morgan fingerprint density at radius 3 is 2.21 bits per heavy atom. The van der Waals surface area contributed by atoms with Crippen LogP contribution in [0.3, 0.4) is 0 Å². The van der Waals surface area contributed by atoms with Crippen molar-refractivity contribution in [3.8, 4) is 5.75 Å². The number of hydrogen-bond acceptors (Lipinski definition) is 4. The molecule has 0 saturated carbocycles. The van der Waals surface area contributed by atoms with E-state index in [-0.39, 0.29) is 13.2 Å². The van der Waals surface area contributed by atoms with Crippen molar-refractivity contribution in [3.63, 3.8) is 0 Å². The van der Waals surface area contributed by atoms with Gasteiger partial charge in [-0.1, -0.05) is 66.2 Å². The SMILES string of the molecule is O=C(CNC(=O)c1ccccc1OCc1ccc(Cl)cc1)OCc1ccccc1. The molecule has 0 bridgehead atoms. The Labute approximate surface area is 174 Å². The van der Waals surface area contributed by atoms with Crippen LogP contribution in [0.5, 0.6) is 5.75 Å². The lowest BCUT2D eigenvalue weighted by Gasteiger charge is -2.12. The molecule has 3 aromatic carbocycles. The first-order valence-electron chi connectivity index (χ1n) is 9.06. The van der Waals surface area contributed by atoms with Gasteiger partial charge in [-0.3, -0.25) is 9.59 Å². The summed E-state index contributed by atoms with van der Waals surface area (Å²) >= 11 is 5.88. The summed E-state index contributed by atoms with van der Waals surface area (Å²) in [6.07, 6.45) is 0. The number of carbonyl (C=O) groups excluding carboxylic acids is 2. The number of benzene rings is 3. The molecule has 0 atom stereocenters. The lowest BCUT2D eigenvalue weighted by molar-refractivity contribution is -0.143. The van der Waals surface area contributed by atoms with E-state index < -0.39 is 11.9 Å². The Kier molecular flexibility index (Phi) is 7.25. The summed E-state index contributed by atoms with van der Waals surface area (Å²) < 4.78 is 10.9. The van der Waals surface area contributed by atoms with E-state index in [4.69, 9.17) is 21.1 Å². The molecule has 148 valence electrons. The standard InChI is InChI=1S/C23H20ClNO4/c24-19-12-10-18(11-13-19)15-28-21-9-5-4-8-20(21)23(27)25-14-22(26)29-16-17-6-2-1-3-7-17/h1-13H,14-16H2,(H,25,27). The van der Waals surface area contributed by atoms with E-state index >= 15 is 0 Å². The van der Waals surface area contributed by atoms with Gasteiger partial charge in [-0.25, -0.2) is 0 Å². The Balaban J connectivity index is 1.52. The highest BCUT2D eigenvalue weighted by molar-refractivity contribution is 6.30. The Morgan fingerprint density at radius 2 is 1.45 bits per heavy atom. The van der Waals surface area contributed by atoms with Gasteiger partial charge in [-0.2, -0.15) is 0 Å². The molecule has 0 saturated heterocycles. The molecule has 5 nitrogen and oxygen atoms in total. The fourth-order valence-corrected chi connectivity index (χ4v) is 2.68. The van der Waals surface area contributed by atoms with Gasteiger partial charge in [0.05, 0.1) is 5.56 Å². The van der Waals surface area contributed by atoms with Gasteiger partial charge in [-0.15, -0.1) is 0 Å². The monoisotopic (exact) mass is 409 g/mol. The first kappa shape index (κ1) is 20.4. The number of esters is 1. The molecule has 0 aliphatic rings. The van der Waals surface area contributed by atoms with Gasteiger partial charge >= 0.3 is 5.97 Å². The van der Waals surface area contributed by atoms with E-state index in [0.717, 1.165) is 11.1 Å². The second-order valence-electron chi connectivity index (χ2n) is 6.24. The van der Waals surface area contributed by atoms with Crippen molar-refractivity contribution in [2.75, 3.05) is 6.54 Å². The van der Waals surface area contributed by atoms with E-state index in [1.807, 2.05) is 42.5 Å². The van der Waals surface area contributed by atoms with Crippen LogP contribution in [-0.4, -0.2) is 18.4 Å². The Bertz CT molecular complexity index is 958. The maximum Gasteiger partial charge on any atom is 0.325 e. The quantitative estimate of drug-likeness (QED) is 0.560. The molecule has 0 unspecified atom stereocenters. The molecule has 1 amide bonds. The first-order valence-corrected chi connectivity index (χ1v) is 9.43. The van der Waals surface area contributed by atoms with Crippen molar-refractivity contribution >= 4 is 23.5 Å². The summed E-state index contributed by atoms with van der Waals surface area (Å²) in [6, 6.07) is 23.5. The fourth-order valence-electron chi connectivity index (χ4n) is 2.56. The van der Waals surface area contributed by atoms with Crippen molar-refractivity contribution in [2.24, 2.45) is 0 Å². The van der Waals surface area contributed by atoms with Crippen molar-refractivity contribution in [1.82, 2.24) is 5.32 Å². The lowest BCUT2D eigenvalue weighted by Crippen LogP contribution is -2.30. The molecule has 3 rings (SSSR count). The van der Waals surface area contributed by atoms with E-state index in [1.54, 1.807) is 36.4 Å². The van der Waals surface area contributed by atoms with Crippen molar-refractivity contribution in [2.45, 2.75) is 13.2 Å². The van der Waals surface area contributed by atoms with E-state index in [2.05, 4.69) is 5.32 Å². The molecular formula is C23H20ClNO4. The van der Waals surface area contributed by atoms with E-state index in [1.165, 1.54) is 0 Å². The van der Waals surface area contributed by atoms with Crippen LogP contribution in [0.25, 0.3) is 0 Å². The van der Waals surface area contributed by atoms with Crippen molar-refractivity contribution < 1.29 is 19.1 Å². The van der Waals surface area contributed by atoms with Gasteiger partial charge in [0.25, 0.3) is 5.91 Å². The zero-order valence-corrected chi connectivity index (χ0v) is 16.4. The van der Waals surface area contributed by atoms with Crippen LogP contribution < -0.4 is 10.1 Å². The van der Waals surface area contributed by atoms with Gasteiger partial charge in [0, 0.05) is 5.02 Å². The van der Waals surface area contributed by atoms with Crippen molar-refractivity contribution in [1.29, 1.82) is 0 Å². The fraction of sp³-hybridized carbons (Fsp3) is 0.130. The molecule has 1 N–H and O–H groups in total. The molecule has 0 radical (unpaired) electrons. The van der Waals surface area contributed by atoms with Crippen LogP contribution in [-0.2, 0) is 22.7 Å². The highest BCUT2D eigenvalue weighted by Crippen LogP contribution is 2.20. The van der Waals surface area contributed by atoms with Crippen LogP contribution in [0.2, 0.25) is 5.02 Å². The number of para-hydroxylation sites is 1. The van der Waals surface area contributed by atoms with Gasteiger partial charge in [0.1, 0.15) is 25.5 Å². The number of ether oxygens (including phenoxy) is 2. The van der Waals surface area contributed by atoms with Gasteiger partial charge in [-0.05, 0) is 35.4 Å². The molecule has 0 fully saturated rings. The second-order valence-corrected chi connectivity index (χ2v) is 6.68. The summed E-state index contributed by atoms with van der Waals surface area (Å²) in [5.74, 6) is -0.493. The smallest absolute Gasteiger partial charge is 0.325 e. The number of carbonyl (C=O) groups is 2. The molecule has 3 aromatic rings. The topological polar surface area (TPSA) is 64.6 Å². The summed E-state index contributed by atoms with van der Waals surface area (Å²) in [5.41, 5.74) is 2.15. The largest absolute Gasteiger partial charge is 0.488 e. The summed E-state index contributed by atoms with van der Waals surface area (Å²) in [7, 11) is 0. The third-order valence-corrected chi connectivity index (χ3v) is 4.33. The first-order chi connectivity index (χ1) is 14.1. The molecule has 29 heavy (non-hydrogen) atoms. The third kappa shape index (κ3) is 6.36. The van der Waals surface area contributed by atoms with Crippen LogP contribution in [0.4, 0.5) is 0 Å². The Morgan fingerprint density at radius 1 is 0.793 bits per heavy atom. The molecular weight excluding hydrogens is 390 g/mol. The van der Waals surface area contributed by atoms with Crippen LogP contribution in [0.15, 0.2) is 78.9 Å². The minimum absolute atomic E-state index is 0.163. The third-order valence-electron chi connectivity index (χ3n) is 4.08.